The lowest BCUT2D eigenvalue weighted by atomic mass is 10.2. The summed E-state index contributed by atoms with van der Waals surface area (Å²) in [6.07, 6.45) is 0. The van der Waals surface area contributed by atoms with Gasteiger partial charge >= 0.3 is 0 Å². The Morgan fingerprint density at radius 1 is 1.16 bits per heavy atom. The summed E-state index contributed by atoms with van der Waals surface area (Å²) in [6, 6.07) is 11.4. The Morgan fingerprint density at radius 2 is 1.84 bits per heavy atom. The Kier molecular flexibility index (Phi) is 3.68. The maximum absolute atomic E-state index is 12.2. The van der Waals surface area contributed by atoms with Gasteiger partial charge < -0.3 is 5.73 Å². The maximum atomic E-state index is 12.2. The van der Waals surface area contributed by atoms with Crippen molar-refractivity contribution in [3.05, 3.63) is 53.1 Å². The van der Waals surface area contributed by atoms with E-state index in [1.807, 2.05) is 19.1 Å². The zero-order chi connectivity index (χ0) is 14.0. The summed E-state index contributed by atoms with van der Waals surface area (Å²) in [5, 5.41) is 0.0982. The van der Waals surface area contributed by atoms with Gasteiger partial charge in [-0.25, -0.2) is 8.42 Å². The maximum Gasteiger partial charge on any atom is 0.263 e. The number of sulfonamides is 1. The van der Waals surface area contributed by atoms with Crippen LogP contribution >= 0.6 is 11.6 Å². The smallest absolute Gasteiger partial charge is 0.263 e. The zero-order valence-electron chi connectivity index (χ0n) is 10.2. The van der Waals surface area contributed by atoms with E-state index in [4.69, 9.17) is 17.3 Å². The van der Waals surface area contributed by atoms with Gasteiger partial charge in [0.15, 0.2) is 0 Å². The number of para-hydroxylation sites is 1. The molecule has 2 aromatic rings. The molecule has 0 aliphatic heterocycles. The largest absolute Gasteiger partial charge is 0.399 e. The molecule has 0 fully saturated rings. The van der Waals surface area contributed by atoms with Gasteiger partial charge in [0.25, 0.3) is 10.0 Å². The van der Waals surface area contributed by atoms with Crippen molar-refractivity contribution >= 4 is 33.0 Å². The van der Waals surface area contributed by atoms with Gasteiger partial charge in [-0.2, -0.15) is 0 Å². The van der Waals surface area contributed by atoms with Crippen molar-refractivity contribution in [1.82, 2.24) is 0 Å². The Bertz CT molecular complexity index is 714. The first kappa shape index (κ1) is 13.7. The van der Waals surface area contributed by atoms with Crippen LogP contribution < -0.4 is 10.5 Å². The fourth-order valence-corrected chi connectivity index (χ4v) is 3.31. The number of nitrogens with one attached hydrogen (secondary N) is 1. The van der Waals surface area contributed by atoms with Crippen LogP contribution in [0.2, 0.25) is 5.02 Å². The third-order valence-electron chi connectivity index (χ3n) is 2.63. The second-order valence-corrected chi connectivity index (χ2v) is 6.17. The van der Waals surface area contributed by atoms with E-state index in [-0.39, 0.29) is 9.92 Å². The molecule has 0 aliphatic carbocycles. The molecule has 2 aromatic carbocycles. The van der Waals surface area contributed by atoms with E-state index in [0.29, 0.717) is 11.4 Å². The van der Waals surface area contributed by atoms with Gasteiger partial charge in [0.1, 0.15) is 4.90 Å². The molecule has 6 heteroatoms. The number of hydrogen-bond donors (Lipinski definition) is 2. The molecule has 0 spiro atoms. The van der Waals surface area contributed by atoms with Crippen LogP contribution in [0.1, 0.15) is 5.56 Å². The van der Waals surface area contributed by atoms with Crippen molar-refractivity contribution in [3.63, 3.8) is 0 Å². The summed E-state index contributed by atoms with van der Waals surface area (Å²) in [7, 11) is -3.72. The topological polar surface area (TPSA) is 72.2 Å². The Hall–Kier alpha value is -1.72. The van der Waals surface area contributed by atoms with Gasteiger partial charge in [0, 0.05) is 5.69 Å². The highest BCUT2D eigenvalue weighted by Crippen LogP contribution is 2.26. The number of hydrogen-bond acceptors (Lipinski definition) is 3. The van der Waals surface area contributed by atoms with E-state index in [1.165, 1.54) is 18.2 Å². The molecule has 0 atom stereocenters. The fourth-order valence-electron chi connectivity index (χ4n) is 1.62. The quantitative estimate of drug-likeness (QED) is 0.855. The Labute approximate surface area is 117 Å². The van der Waals surface area contributed by atoms with Crippen molar-refractivity contribution in [2.75, 3.05) is 10.5 Å². The minimum Gasteiger partial charge on any atom is -0.399 e. The van der Waals surface area contributed by atoms with E-state index in [0.717, 1.165) is 5.56 Å². The molecule has 0 saturated carbocycles. The van der Waals surface area contributed by atoms with Crippen LogP contribution in [-0.2, 0) is 10.0 Å². The van der Waals surface area contributed by atoms with E-state index < -0.39 is 10.0 Å². The third kappa shape index (κ3) is 3.00. The molecule has 0 saturated heterocycles. The lowest BCUT2D eigenvalue weighted by molar-refractivity contribution is 0.601. The van der Waals surface area contributed by atoms with Gasteiger partial charge in [-0.15, -0.1) is 0 Å². The average Bonchev–Trinajstić information content (AvgIpc) is 2.31. The molecule has 0 heterocycles. The van der Waals surface area contributed by atoms with Gasteiger partial charge in [0.05, 0.1) is 10.7 Å². The number of nitrogens with two attached hydrogens (primary N) is 1. The molecule has 0 aromatic heterocycles. The van der Waals surface area contributed by atoms with Crippen molar-refractivity contribution < 1.29 is 8.42 Å². The lowest BCUT2D eigenvalue weighted by Gasteiger charge is -2.11. The van der Waals surface area contributed by atoms with Gasteiger partial charge in [-0.05, 0) is 36.8 Å². The number of nitrogen functional groups attached to an aromatic ring is 1. The summed E-state index contributed by atoms with van der Waals surface area (Å²) < 4.78 is 27.0. The number of rotatable bonds is 3. The lowest BCUT2D eigenvalue weighted by Crippen LogP contribution is -2.14. The van der Waals surface area contributed by atoms with Gasteiger partial charge in [0.2, 0.25) is 0 Å². The normalized spacial score (nSPS) is 11.3. The SMILES string of the molecule is Cc1ccccc1NS(=O)(=O)c1ccc(N)cc1Cl. The Balaban J connectivity index is 2.41. The first-order valence-electron chi connectivity index (χ1n) is 5.53. The first-order chi connectivity index (χ1) is 8.90. The average molecular weight is 297 g/mol. The molecular weight excluding hydrogens is 284 g/mol. The van der Waals surface area contributed by atoms with Crippen molar-refractivity contribution in [1.29, 1.82) is 0 Å². The summed E-state index contributed by atoms with van der Waals surface area (Å²) in [5.41, 5.74) is 7.32. The van der Waals surface area contributed by atoms with Crippen molar-refractivity contribution in [3.8, 4) is 0 Å². The summed E-state index contributed by atoms with van der Waals surface area (Å²) in [5.74, 6) is 0. The van der Waals surface area contributed by atoms with Crippen molar-refractivity contribution in [2.45, 2.75) is 11.8 Å². The van der Waals surface area contributed by atoms with Gasteiger partial charge in [-0.1, -0.05) is 29.8 Å². The molecule has 4 nitrogen and oxygen atoms in total. The number of benzene rings is 2. The fraction of sp³-hybridized carbons (Fsp3) is 0.0769. The van der Waals surface area contributed by atoms with Crippen LogP contribution in [-0.4, -0.2) is 8.42 Å². The molecule has 19 heavy (non-hydrogen) atoms. The second kappa shape index (κ2) is 5.11. The minimum absolute atomic E-state index is 0.00613. The van der Waals surface area contributed by atoms with E-state index in [1.54, 1.807) is 12.1 Å². The minimum atomic E-state index is -3.72. The van der Waals surface area contributed by atoms with E-state index in [2.05, 4.69) is 4.72 Å². The molecule has 3 N–H and O–H groups in total. The van der Waals surface area contributed by atoms with E-state index in [9.17, 15) is 8.42 Å². The molecule has 0 amide bonds. The highest BCUT2D eigenvalue weighted by Gasteiger charge is 2.18. The van der Waals surface area contributed by atoms with Gasteiger partial charge in [-0.3, -0.25) is 4.72 Å². The standard InChI is InChI=1S/C13H13ClN2O2S/c1-9-4-2-3-5-12(9)16-19(17,18)13-7-6-10(15)8-11(13)14/h2-8,16H,15H2,1H3. The zero-order valence-corrected chi connectivity index (χ0v) is 11.8. The predicted octanol–water partition coefficient (Wildman–Crippen LogP) is 3.03. The van der Waals surface area contributed by atoms with Crippen LogP contribution in [0.4, 0.5) is 11.4 Å². The highest BCUT2D eigenvalue weighted by atomic mass is 35.5. The highest BCUT2D eigenvalue weighted by molar-refractivity contribution is 7.92. The van der Waals surface area contributed by atoms with E-state index >= 15 is 0 Å². The molecule has 0 aliphatic rings. The molecule has 0 unspecified atom stereocenters. The number of aryl methyl sites for hydroxylation is 1. The van der Waals surface area contributed by atoms with Crippen LogP contribution in [0.5, 0.6) is 0 Å². The van der Waals surface area contributed by atoms with Crippen LogP contribution in [0.25, 0.3) is 0 Å². The summed E-state index contributed by atoms with van der Waals surface area (Å²) in [6.45, 7) is 1.82. The predicted molar refractivity (Wildman–Crippen MR) is 77.9 cm³/mol. The molecule has 100 valence electrons. The summed E-state index contributed by atoms with van der Waals surface area (Å²) in [4.78, 5) is 0.00613. The molecule has 2 rings (SSSR count). The number of halogens is 1. The van der Waals surface area contributed by atoms with Crippen molar-refractivity contribution in [2.24, 2.45) is 0 Å². The van der Waals surface area contributed by atoms with Crippen LogP contribution in [0.3, 0.4) is 0 Å². The monoisotopic (exact) mass is 296 g/mol. The molecule has 0 radical (unpaired) electrons. The van der Waals surface area contributed by atoms with Crippen LogP contribution in [0, 0.1) is 6.92 Å². The first-order valence-corrected chi connectivity index (χ1v) is 7.40. The number of anilines is 2. The second-order valence-electron chi connectivity index (χ2n) is 4.11. The molecular formula is C13H13ClN2O2S. The summed E-state index contributed by atoms with van der Waals surface area (Å²) >= 11 is 5.92. The third-order valence-corrected chi connectivity index (χ3v) is 4.48. The molecule has 0 bridgehead atoms. The Morgan fingerprint density at radius 3 is 2.47 bits per heavy atom. The van der Waals surface area contributed by atoms with Crippen LogP contribution in [0.15, 0.2) is 47.4 Å².